The Morgan fingerprint density at radius 2 is 2.00 bits per heavy atom. The minimum absolute atomic E-state index is 0.0916. The summed E-state index contributed by atoms with van der Waals surface area (Å²) in [5.41, 5.74) is 2.75. The van der Waals surface area contributed by atoms with Gasteiger partial charge in [0.1, 0.15) is 5.76 Å². The number of hydrogen-bond acceptors (Lipinski definition) is 4. The number of nitrogens with zero attached hydrogens (tertiary/aromatic N) is 1. The second-order valence-corrected chi connectivity index (χ2v) is 7.81. The first-order chi connectivity index (χ1) is 13.7. The Labute approximate surface area is 165 Å². The van der Waals surface area contributed by atoms with E-state index in [9.17, 15) is 4.79 Å². The molecule has 0 aliphatic carbocycles. The zero-order valence-corrected chi connectivity index (χ0v) is 16.4. The molecule has 0 saturated carbocycles. The SMILES string of the molecule is Cc1c(C(=O)CCC2CCOC2)noc1CCCc1ccc2ccccc2c1. The van der Waals surface area contributed by atoms with Gasteiger partial charge in [-0.2, -0.15) is 0 Å². The molecule has 2 aromatic carbocycles. The molecule has 146 valence electrons. The van der Waals surface area contributed by atoms with Crippen molar-refractivity contribution in [2.45, 2.75) is 45.4 Å². The fourth-order valence-corrected chi connectivity index (χ4v) is 3.97. The summed E-state index contributed by atoms with van der Waals surface area (Å²) in [5.74, 6) is 1.44. The Bertz CT molecular complexity index is 953. The molecule has 4 rings (SSSR count). The van der Waals surface area contributed by atoms with Crippen LogP contribution in [0.3, 0.4) is 0 Å². The minimum atomic E-state index is 0.0916. The van der Waals surface area contributed by atoms with Crippen LogP contribution in [0.2, 0.25) is 0 Å². The highest BCUT2D eigenvalue weighted by molar-refractivity contribution is 5.95. The zero-order valence-electron chi connectivity index (χ0n) is 16.4. The maximum Gasteiger partial charge on any atom is 0.185 e. The van der Waals surface area contributed by atoms with Gasteiger partial charge in [-0.15, -0.1) is 0 Å². The normalized spacial score (nSPS) is 16.7. The maximum absolute atomic E-state index is 12.5. The Balaban J connectivity index is 1.31. The number of hydrogen-bond donors (Lipinski definition) is 0. The van der Waals surface area contributed by atoms with Crippen molar-refractivity contribution in [1.82, 2.24) is 5.16 Å². The summed E-state index contributed by atoms with van der Waals surface area (Å²) < 4.78 is 10.9. The standard InChI is InChI=1S/C24H27NO3/c1-17-23(28-25-24(17)22(26)12-10-19-13-14-27-16-19)8-4-5-18-9-11-20-6-2-3-7-21(20)15-18/h2-3,6-7,9,11,15,19H,4-5,8,10,12-14,16H2,1H3. The van der Waals surface area contributed by atoms with E-state index in [-0.39, 0.29) is 5.78 Å². The third-order valence-electron chi connectivity index (χ3n) is 5.77. The van der Waals surface area contributed by atoms with E-state index in [1.165, 1.54) is 16.3 Å². The van der Waals surface area contributed by atoms with E-state index in [4.69, 9.17) is 9.26 Å². The van der Waals surface area contributed by atoms with Crippen molar-refractivity contribution < 1.29 is 14.1 Å². The van der Waals surface area contributed by atoms with Gasteiger partial charge in [-0.1, -0.05) is 47.6 Å². The second-order valence-electron chi connectivity index (χ2n) is 7.81. The Hall–Kier alpha value is -2.46. The van der Waals surface area contributed by atoms with Gasteiger partial charge in [0.2, 0.25) is 0 Å². The van der Waals surface area contributed by atoms with E-state index in [1.807, 2.05) is 6.92 Å². The van der Waals surface area contributed by atoms with Crippen LogP contribution in [0.25, 0.3) is 10.8 Å². The second kappa shape index (κ2) is 8.70. The average Bonchev–Trinajstić information content (AvgIpc) is 3.36. The Morgan fingerprint density at radius 3 is 2.82 bits per heavy atom. The number of carbonyl (C=O) groups is 1. The van der Waals surface area contributed by atoms with Crippen molar-refractivity contribution in [1.29, 1.82) is 0 Å². The molecule has 1 aliphatic heterocycles. The minimum Gasteiger partial charge on any atom is -0.381 e. The van der Waals surface area contributed by atoms with Crippen molar-refractivity contribution >= 4 is 16.6 Å². The van der Waals surface area contributed by atoms with Gasteiger partial charge >= 0.3 is 0 Å². The van der Waals surface area contributed by atoms with Gasteiger partial charge in [0.25, 0.3) is 0 Å². The molecule has 0 bridgehead atoms. The molecule has 28 heavy (non-hydrogen) atoms. The van der Waals surface area contributed by atoms with E-state index in [1.54, 1.807) is 0 Å². The van der Waals surface area contributed by atoms with E-state index >= 15 is 0 Å². The molecule has 4 heteroatoms. The number of aromatic nitrogens is 1. The van der Waals surface area contributed by atoms with Crippen LogP contribution >= 0.6 is 0 Å². The van der Waals surface area contributed by atoms with Crippen LogP contribution in [0.4, 0.5) is 0 Å². The molecule has 1 atom stereocenters. The van der Waals surface area contributed by atoms with Crippen molar-refractivity contribution in [3.8, 4) is 0 Å². The number of ether oxygens (including phenoxy) is 1. The molecule has 1 aromatic heterocycles. The molecule has 0 spiro atoms. The van der Waals surface area contributed by atoms with Crippen molar-refractivity contribution in [3.63, 3.8) is 0 Å². The zero-order chi connectivity index (χ0) is 19.3. The molecular formula is C24H27NO3. The van der Waals surface area contributed by atoms with Gasteiger partial charge in [-0.3, -0.25) is 4.79 Å². The van der Waals surface area contributed by atoms with E-state index in [0.29, 0.717) is 18.0 Å². The first-order valence-electron chi connectivity index (χ1n) is 10.2. The van der Waals surface area contributed by atoms with Gasteiger partial charge in [0, 0.05) is 31.6 Å². The van der Waals surface area contributed by atoms with Crippen LogP contribution in [0.5, 0.6) is 0 Å². The molecule has 3 aromatic rings. The van der Waals surface area contributed by atoms with Crippen LogP contribution in [-0.4, -0.2) is 24.2 Å². The molecule has 1 fully saturated rings. The number of ketones is 1. The maximum atomic E-state index is 12.5. The topological polar surface area (TPSA) is 52.3 Å². The lowest BCUT2D eigenvalue weighted by atomic mass is 9.98. The number of fused-ring (bicyclic) bond motifs is 1. The van der Waals surface area contributed by atoms with Crippen LogP contribution in [0.15, 0.2) is 47.0 Å². The number of Topliss-reactive ketones (excluding diaryl/α,β-unsaturated/α-hetero) is 1. The molecule has 0 N–H and O–H groups in total. The average molecular weight is 377 g/mol. The smallest absolute Gasteiger partial charge is 0.185 e. The predicted molar refractivity (Wildman–Crippen MR) is 110 cm³/mol. The molecule has 0 radical (unpaired) electrons. The first-order valence-corrected chi connectivity index (χ1v) is 10.2. The third-order valence-corrected chi connectivity index (χ3v) is 5.77. The number of aryl methyl sites for hydroxylation is 2. The van der Waals surface area contributed by atoms with E-state index < -0.39 is 0 Å². The molecule has 4 nitrogen and oxygen atoms in total. The lowest BCUT2D eigenvalue weighted by Gasteiger charge is -2.05. The number of benzene rings is 2. The van der Waals surface area contributed by atoms with E-state index in [2.05, 4.69) is 47.6 Å². The van der Waals surface area contributed by atoms with Crippen LogP contribution in [0, 0.1) is 12.8 Å². The summed E-state index contributed by atoms with van der Waals surface area (Å²) in [5, 5.41) is 6.61. The first kappa shape index (κ1) is 18.9. The summed E-state index contributed by atoms with van der Waals surface area (Å²) in [4.78, 5) is 12.5. The van der Waals surface area contributed by atoms with Crippen LogP contribution in [0.1, 0.15) is 53.1 Å². The molecular weight excluding hydrogens is 350 g/mol. The lowest BCUT2D eigenvalue weighted by Crippen LogP contribution is -2.07. The third kappa shape index (κ3) is 4.33. The van der Waals surface area contributed by atoms with Crippen molar-refractivity contribution in [2.24, 2.45) is 5.92 Å². The van der Waals surface area contributed by atoms with Crippen molar-refractivity contribution in [3.05, 3.63) is 65.0 Å². The van der Waals surface area contributed by atoms with Crippen molar-refractivity contribution in [2.75, 3.05) is 13.2 Å². The van der Waals surface area contributed by atoms with Crippen LogP contribution < -0.4 is 0 Å². The molecule has 2 heterocycles. The summed E-state index contributed by atoms with van der Waals surface area (Å²) in [6.07, 6.45) is 5.22. The lowest BCUT2D eigenvalue weighted by molar-refractivity contribution is 0.0962. The molecule has 0 amide bonds. The van der Waals surface area contributed by atoms with Gasteiger partial charge in [-0.05, 0) is 54.9 Å². The Morgan fingerprint density at radius 1 is 1.14 bits per heavy atom. The molecule has 1 saturated heterocycles. The quantitative estimate of drug-likeness (QED) is 0.499. The summed E-state index contributed by atoms with van der Waals surface area (Å²) in [6.45, 7) is 3.56. The number of carbonyl (C=O) groups excluding carboxylic acids is 1. The fourth-order valence-electron chi connectivity index (χ4n) is 3.97. The largest absolute Gasteiger partial charge is 0.381 e. The summed E-state index contributed by atoms with van der Waals surface area (Å²) in [6, 6.07) is 15.0. The van der Waals surface area contributed by atoms with Gasteiger partial charge in [0.15, 0.2) is 11.5 Å². The highest BCUT2D eigenvalue weighted by atomic mass is 16.5. The van der Waals surface area contributed by atoms with Gasteiger partial charge < -0.3 is 9.26 Å². The van der Waals surface area contributed by atoms with Gasteiger partial charge in [0.05, 0.1) is 0 Å². The predicted octanol–water partition coefficient (Wildman–Crippen LogP) is 5.31. The van der Waals surface area contributed by atoms with Gasteiger partial charge in [-0.25, -0.2) is 0 Å². The van der Waals surface area contributed by atoms with E-state index in [0.717, 1.165) is 56.6 Å². The molecule has 1 unspecified atom stereocenters. The highest BCUT2D eigenvalue weighted by Gasteiger charge is 2.21. The number of rotatable bonds is 8. The summed E-state index contributed by atoms with van der Waals surface area (Å²) >= 11 is 0. The molecule has 1 aliphatic rings. The van der Waals surface area contributed by atoms with Crippen LogP contribution in [-0.2, 0) is 17.6 Å². The fraction of sp³-hybridized carbons (Fsp3) is 0.417. The monoisotopic (exact) mass is 377 g/mol. The Kier molecular flexibility index (Phi) is 5.87. The highest BCUT2D eigenvalue weighted by Crippen LogP contribution is 2.22. The summed E-state index contributed by atoms with van der Waals surface area (Å²) in [7, 11) is 0.